The molecule has 3 heterocycles. The van der Waals surface area contributed by atoms with E-state index in [9.17, 15) is 4.79 Å². The van der Waals surface area contributed by atoms with Gasteiger partial charge in [-0.3, -0.25) is 9.36 Å². The molecule has 4 rings (SSSR count). The summed E-state index contributed by atoms with van der Waals surface area (Å²) in [6, 6.07) is 14.0. The lowest BCUT2D eigenvalue weighted by Gasteiger charge is -2.27. The van der Waals surface area contributed by atoms with Crippen LogP contribution >= 0.6 is 0 Å². The van der Waals surface area contributed by atoms with Crippen molar-refractivity contribution < 1.29 is 4.79 Å². The number of hydrogen-bond donors (Lipinski definition) is 2. The second-order valence-corrected chi connectivity index (χ2v) is 7.51. The van der Waals surface area contributed by atoms with Gasteiger partial charge in [-0.15, -0.1) is 0 Å². The molecule has 1 unspecified atom stereocenters. The molecule has 1 fully saturated rings. The number of benzene rings is 1. The third kappa shape index (κ3) is 3.55. The van der Waals surface area contributed by atoms with Crippen LogP contribution in [0.3, 0.4) is 0 Å². The summed E-state index contributed by atoms with van der Waals surface area (Å²) >= 11 is 0. The van der Waals surface area contributed by atoms with Gasteiger partial charge in [-0.25, -0.2) is 9.97 Å². The number of aromatic nitrogens is 3. The fraction of sp³-hybridized carbons (Fsp3) is 0.318. The van der Waals surface area contributed by atoms with Gasteiger partial charge in [0.05, 0.1) is 23.0 Å². The van der Waals surface area contributed by atoms with E-state index < -0.39 is 5.41 Å². The van der Waals surface area contributed by atoms with Gasteiger partial charge in [0.2, 0.25) is 5.91 Å². The first-order valence-corrected chi connectivity index (χ1v) is 9.60. The minimum Gasteiger partial charge on any atom is -0.324 e. The van der Waals surface area contributed by atoms with Crippen LogP contribution in [0.15, 0.2) is 55.0 Å². The maximum absolute atomic E-state index is 13.2. The summed E-state index contributed by atoms with van der Waals surface area (Å²) in [5, 5.41) is 6.43. The van der Waals surface area contributed by atoms with Crippen LogP contribution in [0.5, 0.6) is 0 Å². The zero-order valence-corrected chi connectivity index (χ0v) is 16.3. The summed E-state index contributed by atoms with van der Waals surface area (Å²) in [6.45, 7) is 5.53. The van der Waals surface area contributed by atoms with Gasteiger partial charge in [0, 0.05) is 12.2 Å². The van der Waals surface area contributed by atoms with Crippen LogP contribution in [0.25, 0.3) is 5.82 Å². The Kier molecular flexibility index (Phi) is 4.96. The number of nitrogens with one attached hydrogen (secondary N) is 2. The van der Waals surface area contributed by atoms with E-state index in [1.54, 1.807) is 12.5 Å². The van der Waals surface area contributed by atoms with Crippen LogP contribution in [0.2, 0.25) is 0 Å². The SMILES string of the molecule is Cc1ncn(-c2ccc(NC(=O)C3(Cc4ccccc4)CCNC3)cn2)c1C. The van der Waals surface area contributed by atoms with Crippen molar-refractivity contribution >= 4 is 11.6 Å². The summed E-state index contributed by atoms with van der Waals surface area (Å²) in [4.78, 5) is 22.0. The van der Waals surface area contributed by atoms with Gasteiger partial charge in [0.15, 0.2) is 0 Å². The predicted octanol–water partition coefficient (Wildman–Crippen LogP) is 3.05. The van der Waals surface area contributed by atoms with Crippen LogP contribution in [0, 0.1) is 19.3 Å². The molecule has 0 bridgehead atoms. The number of nitrogens with zero attached hydrogens (tertiary/aromatic N) is 3. The van der Waals surface area contributed by atoms with E-state index in [1.165, 1.54) is 5.56 Å². The number of carbonyl (C=O) groups excluding carboxylic acids is 1. The quantitative estimate of drug-likeness (QED) is 0.719. The molecule has 1 saturated heterocycles. The van der Waals surface area contributed by atoms with E-state index >= 15 is 0 Å². The largest absolute Gasteiger partial charge is 0.324 e. The smallest absolute Gasteiger partial charge is 0.232 e. The van der Waals surface area contributed by atoms with Crippen molar-refractivity contribution in [3.8, 4) is 5.82 Å². The lowest BCUT2D eigenvalue weighted by atomic mass is 9.80. The summed E-state index contributed by atoms with van der Waals surface area (Å²) in [7, 11) is 0. The minimum atomic E-state index is -0.432. The molecular formula is C22H25N5O. The highest BCUT2D eigenvalue weighted by atomic mass is 16.2. The van der Waals surface area contributed by atoms with Gasteiger partial charge in [-0.1, -0.05) is 30.3 Å². The average Bonchev–Trinajstić information content (AvgIpc) is 3.32. The molecule has 2 N–H and O–H groups in total. The van der Waals surface area contributed by atoms with Crippen LogP contribution in [-0.4, -0.2) is 33.5 Å². The van der Waals surface area contributed by atoms with E-state index in [2.05, 4.69) is 32.7 Å². The van der Waals surface area contributed by atoms with Gasteiger partial charge >= 0.3 is 0 Å². The highest BCUT2D eigenvalue weighted by Crippen LogP contribution is 2.32. The van der Waals surface area contributed by atoms with Gasteiger partial charge in [-0.2, -0.15) is 0 Å². The maximum Gasteiger partial charge on any atom is 0.232 e. The number of pyridine rings is 1. The number of rotatable bonds is 5. The van der Waals surface area contributed by atoms with Crippen molar-refractivity contribution in [1.82, 2.24) is 19.9 Å². The molecular weight excluding hydrogens is 350 g/mol. The van der Waals surface area contributed by atoms with Gasteiger partial charge in [-0.05, 0) is 50.9 Å². The second-order valence-electron chi connectivity index (χ2n) is 7.51. The lowest BCUT2D eigenvalue weighted by molar-refractivity contribution is -0.124. The van der Waals surface area contributed by atoms with Crippen LogP contribution in [-0.2, 0) is 11.2 Å². The Balaban J connectivity index is 1.51. The topological polar surface area (TPSA) is 71.8 Å². The molecule has 2 aromatic heterocycles. The summed E-state index contributed by atoms with van der Waals surface area (Å²) in [5.41, 5.74) is 3.50. The maximum atomic E-state index is 13.2. The molecule has 144 valence electrons. The lowest BCUT2D eigenvalue weighted by Crippen LogP contribution is -2.40. The Morgan fingerprint density at radius 1 is 1.18 bits per heavy atom. The third-order valence-corrected chi connectivity index (χ3v) is 5.62. The minimum absolute atomic E-state index is 0.0468. The van der Waals surface area contributed by atoms with Crippen molar-refractivity contribution in [2.75, 3.05) is 18.4 Å². The first-order valence-electron chi connectivity index (χ1n) is 9.60. The Hall–Kier alpha value is -2.99. The molecule has 6 nitrogen and oxygen atoms in total. The average molecular weight is 375 g/mol. The molecule has 28 heavy (non-hydrogen) atoms. The van der Waals surface area contributed by atoms with Crippen LogP contribution < -0.4 is 10.6 Å². The fourth-order valence-corrected chi connectivity index (χ4v) is 3.75. The molecule has 1 amide bonds. The normalized spacial score (nSPS) is 18.9. The zero-order valence-electron chi connectivity index (χ0n) is 16.3. The monoisotopic (exact) mass is 375 g/mol. The second kappa shape index (κ2) is 7.56. The predicted molar refractivity (Wildman–Crippen MR) is 110 cm³/mol. The van der Waals surface area contributed by atoms with Gasteiger partial charge < -0.3 is 10.6 Å². The Morgan fingerprint density at radius 2 is 2.00 bits per heavy atom. The van der Waals surface area contributed by atoms with Gasteiger partial charge in [0.1, 0.15) is 12.1 Å². The summed E-state index contributed by atoms with van der Waals surface area (Å²) in [6.07, 6.45) is 5.03. The molecule has 1 aliphatic rings. The third-order valence-electron chi connectivity index (χ3n) is 5.62. The van der Waals surface area contributed by atoms with E-state index in [0.29, 0.717) is 12.2 Å². The molecule has 0 saturated carbocycles. The van der Waals surface area contributed by atoms with Crippen LogP contribution in [0.4, 0.5) is 5.69 Å². The fourth-order valence-electron chi connectivity index (χ4n) is 3.75. The zero-order chi connectivity index (χ0) is 19.6. The van der Waals surface area contributed by atoms with E-state index in [4.69, 9.17) is 0 Å². The van der Waals surface area contributed by atoms with E-state index in [0.717, 1.165) is 36.6 Å². The Bertz CT molecular complexity index is 956. The van der Waals surface area contributed by atoms with Crippen LogP contribution in [0.1, 0.15) is 23.4 Å². The molecule has 1 atom stereocenters. The number of imidazole rings is 1. The highest BCUT2D eigenvalue weighted by Gasteiger charge is 2.41. The summed E-state index contributed by atoms with van der Waals surface area (Å²) in [5.74, 6) is 0.836. The highest BCUT2D eigenvalue weighted by molar-refractivity contribution is 5.96. The van der Waals surface area contributed by atoms with E-state index in [-0.39, 0.29) is 5.91 Å². The number of anilines is 1. The van der Waals surface area contributed by atoms with Crippen molar-refractivity contribution in [3.63, 3.8) is 0 Å². The molecule has 0 aliphatic carbocycles. The molecule has 1 aliphatic heterocycles. The van der Waals surface area contributed by atoms with Gasteiger partial charge in [0.25, 0.3) is 0 Å². The Morgan fingerprint density at radius 3 is 2.61 bits per heavy atom. The standard InChI is InChI=1S/C22H25N5O/c1-16-17(2)27(15-25-16)20-9-8-19(13-24-20)26-21(28)22(10-11-23-14-22)12-18-6-4-3-5-7-18/h3-9,13,15,23H,10-12,14H2,1-2H3,(H,26,28). The van der Waals surface area contributed by atoms with Crippen molar-refractivity contribution in [1.29, 1.82) is 0 Å². The first-order chi connectivity index (χ1) is 13.6. The van der Waals surface area contributed by atoms with E-state index in [1.807, 2.05) is 48.7 Å². The molecule has 1 aromatic carbocycles. The van der Waals surface area contributed by atoms with Crippen molar-refractivity contribution in [2.24, 2.45) is 5.41 Å². The Labute approximate surface area is 165 Å². The number of aryl methyl sites for hydroxylation is 1. The molecule has 0 radical (unpaired) electrons. The number of amides is 1. The number of carbonyl (C=O) groups is 1. The number of hydrogen-bond acceptors (Lipinski definition) is 4. The summed E-state index contributed by atoms with van der Waals surface area (Å²) < 4.78 is 1.94. The molecule has 6 heteroatoms. The molecule has 0 spiro atoms. The first kappa shape index (κ1) is 18.4. The molecule has 3 aromatic rings. The van der Waals surface area contributed by atoms with Crippen molar-refractivity contribution in [3.05, 3.63) is 71.9 Å². The van der Waals surface area contributed by atoms with Crippen molar-refractivity contribution in [2.45, 2.75) is 26.7 Å².